The van der Waals surface area contributed by atoms with Gasteiger partial charge in [0.25, 0.3) is 5.91 Å². The first kappa shape index (κ1) is 37.5. The van der Waals surface area contributed by atoms with E-state index in [-0.39, 0.29) is 31.4 Å². The third-order valence-electron chi connectivity index (χ3n) is 10.1. The summed E-state index contributed by atoms with van der Waals surface area (Å²) in [6.07, 6.45) is 5.66. The van der Waals surface area contributed by atoms with Gasteiger partial charge in [0.05, 0.1) is 22.9 Å². The summed E-state index contributed by atoms with van der Waals surface area (Å²) in [4.78, 5) is 70.5. The number of thiophene rings is 1. The van der Waals surface area contributed by atoms with Crippen molar-refractivity contribution in [2.24, 2.45) is 5.92 Å². The number of carbonyl (C=O) groups is 4. The normalized spacial score (nSPS) is 24.1. The Morgan fingerprint density at radius 1 is 1.07 bits per heavy atom. The molecule has 54 heavy (non-hydrogen) atoms. The lowest BCUT2D eigenvalue weighted by molar-refractivity contribution is -0.131. The predicted molar refractivity (Wildman–Crippen MR) is 198 cm³/mol. The van der Waals surface area contributed by atoms with Crippen molar-refractivity contribution in [2.45, 2.75) is 107 Å². The Morgan fingerprint density at radius 3 is 2.48 bits per heavy atom. The third-order valence-corrected chi connectivity index (χ3v) is 12.9. The van der Waals surface area contributed by atoms with Crippen LogP contribution < -0.4 is 20.2 Å². The highest BCUT2D eigenvalue weighted by Gasteiger charge is 2.62. The highest BCUT2D eigenvalue weighted by atomic mass is 32.2. The number of hydrogen-bond donors (Lipinski definition) is 3. The van der Waals surface area contributed by atoms with Crippen LogP contribution in [0.15, 0.2) is 48.5 Å². The summed E-state index contributed by atoms with van der Waals surface area (Å²) in [5.41, 5.74) is 1.22. The quantitative estimate of drug-likeness (QED) is 0.198. The lowest BCUT2D eigenvalue weighted by Crippen LogP contribution is -2.63. The number of nitrogens with zero attached hydrogens (tertiary/aromatic N) is 5. The van der Waals surface area contributed by atoms with E-state index in [0.29, 0.717) is 34.6 Å². The van der Waals surface area contributed by atoms with Gasteiger partial charge in [-0.1, -0.05) is 12.1 Å². The smallest absolute Gasteiger partial charge is 0.426 e. The fourth-order valence-electron chi connectivity index (χ4n) is 6.95. The van der Waals surface area contributed by atoms with Gasteiger partial charge in [-0.15, -0.1) is 17.9 Å². The molecule has 0 radical (unpaired) electrons. The summed E-state index contributed by atoms with van der Waals surface area (Å²) in [5.74, 6) is -1.51. The first-order chi connectivity index (χ1) is 25.7. The molecule has 7 rings (SSSR count). The summed E-state index contributed by atoms with van der Waals surface area (Å²) in [7, 11) is -3.91. The summed E-state index contributed by atoms with van der Waals surface area (Å²) in [6.45, 7) is 8.86. The van der Waals surface area contributed by atoms with Crippen LogP contribution in [0.4, 0.5) is 9.59 Å². The zero-order valence-electron chi connectivity index (χ0n) is 30.3. The van der Waals surface area contributed by atoms with Gasteiger partial charge in [-0.05, 0) is 89.3 Å². The fourth-order valence-corrected chi connectivity index (χ4v) is 9.08. The summed E-state index contributed by atoms with van der Waals surface area (Å²) in [6, 6.07) is 5.29. The molecule has 1 saturated heterocycles. The van der Waals surface area contributed by atoms with E-state index in [1.54, 1.807) is 39.1 Å². The Labute approximate surface area is 317 Å². The number of pyridine rings is 1. The molecule has 4 fully saturated rings. The summed E-state index contributed by atoms with van der Waals surface area (Å²) < 4.78 is 40.4. The van der Waals surface area contributed by atoms with E-state index in [4.69, 9.17) is 9.47 Å². The van der Waals surface area contributed by atoms with Crippen molar-refractivity contribution in [1.29, 1.82) is 0 Å². The Hall–Kier alpha value is -4.84. The zero-order chi connectivity index (χ0) is 38.4. The van der Waals surface area contributed by atoms with Gasteiger partial charge < -0.3 is 19.7 Å². The molecule has 4 heterocycles. The molecule has 18 heteroatoms. The number of aromatic nitrogens is 3. The van der Waals surface area contributed by atoms with Crippen LogP contribution in [0.3, 0.4) is 0 Å². The number of likely N-dealkylation sites (tertiary alicyclic amines) is 1. The molecule has 4 atom stereocenters. The second-order valence-corrected chi connectivity index (χ2v) is 18.1. The van der Waals surface area contributed by atoms with Crippen molar-refractivity contribution in [3.63, 3.8) is 0 Å². The highest BCUT2D eigenvalue weighted by molar-refractivity contribution is 7.91. The summed E-state index contributed by atoms with van der Waals surface area (Å²) >= 11 is 1.37. The minimum Gasteiger partial charge on any atom is -0.471 e. The molecule has 16 nitrogen and oxygen atoms in total. The number of fused-ring (bicyclic) bond motifs is 1. The molecule has 3 aliphatic carbocycles. The molecular weight excluding hydrogens is 737 g/mol. The van der Waals surface area contributed by atoms with E-state index in [9.17, 15) is 27.6 Å². The van der Waals surface area contributed by atoms with Crippen molar-refractivity contribution in [2.75, 3.05) is 6.54 Å². The van der Waals surface area contributed by atoms with Gasteiger partial charge in [-0.3, -0.25) is 19.3 Å². The molecule has 2 unspecified atom stereocenters. The monoisotopic (exact) mass is 780 g/mol. The van der Waals surface area contributed by atoms with Crippen LogP contribution in [0.25, 0.3) is 21.7 Å². The third kappa shape index (κ3) is 7.71. The maximum Gasteiger partial charge on any atom is 0.426 e. The molecule has 0 aromatic carbocycles. The molecule has 3 aromatic heterocycles. The molecular formula is C36H44N8O8S2. The molecule has 1 aliphatic heterocycles. The fraction of sp³-hybridized carbons (Fsp3) is 0.528. The van der Waals surface area contributed by atoms with E-state index in [2.05, 4.69) is 37.0 Å². The SMILES string of the molecule is C=C[C@@H]1CC1(NC(=O)[C@@H]1CC(Oc2nc(-c3ccccn3)nc3ccsc23)CN1C(=O)N(NC(=O)OC1CCCC1)C(C)(C)C)C(=O)NS(=O)(=O)C1CC1. The molecule has 5 amide bonds. The van der Waals surface area contributed by atoms with Gasteiger partial charge in [-0.2, -0.15) is 4.98 Å². The average molecular weight is 781 g/mol. The molecule has 3 aromatic rings. The van der Waals surface area contributed by atoms with Crippen molar-refractivity contribution in [3.05, 3.63) is 48.5 Å². The van der Waals surface area contributed by atoms with Gasteiger partial charge in [0.15, 0.2) is 5.82 Å². The second kappa shape index (κ2) is 14.4. The highest BCUT2D eigenvalue weighted by Crippen LogP contribution is 2.45. The molecule has 288 valence electrons. The van der Waals surface area contributed by atoms with Gasteiger partial charge >= 0.3 is 12.1 Å². The van der Waals surface area contributed by atoms with Crippen LogP contribution in [0.5, 0.6) is 5.88 Å². The number of ether oxygens (including phenoxy) is 2. The van der Waals surface area contributed by atoms with Crippen LogP contribution in [-0.2, 0) is 24.3 Å². The largest absolute Gasteiger partial charge is 0.471 e. The Morgan fingerprint density at radius 2 is 1.83 bits per heavy atom. The number of amides is 5. The Balaban J connectivity index is 1.18. The maximum absolute atomic E-state index is 14.5. The first-order valence-electron chi connectivity index (χ1n) is 18.1. The molecule has 3 N–H and O–H groups in total. The van der Waals surface area contributed by atoms with Gasteiger partial charge in [0.2, 0.25) is 21.8 Å². The van der Waals surface area contributed by atoms with Gasteiger partial charge in [-0.25, -0.2) is 33.4 Å². The molecule has 4 aliphatic rings. The number of nitrogens with one attached hydrogen (secondary N) is 3. The van der Waals surface area contributed by atoms with Crippen molar-refractivity contribution in [1.82, 2.24) is 40.3 Å². The second-order valence-electron chi connectivity index (χ2n) is 15.2. The van der Waals surface area contributed by atoms with Crippen LogP contribution in [0.2, 0.25) is 0 Å². The number of sulfonamides is 1. The van der Waals surface area contributed by atoms with E-state index in [1.807, 2.05) is 17.5 Å². The van der Waals surface area contributed by atoms with Crippen molar-refractivity contribution in [3.8, 4) is 17.4 Å². The van der Waals surface area contributed by atoms with Crippen LogP contribution in [0.1, 0.15) is 72.1 Å². The van der Waals surface area contributed by atoms with E-state index < -0.39 is 68.4 Å². The minimum absolute atomic E-state index is 0.0192. The van der Waals surface area contributed by atoms with Gasteiger partial charge in [0, 0.05) is 18.5 Å². The lowest BCUT2D eigenvalue weighted by Gasteiger charge is -2.39. The number of urea groups is 1. The van der Waals surface area contributed by atoms with Gasteiger partial charge in [0.1, 0.15) is 34.2 Å². The predicted octanol–water partition coefficient (Wildman–Crippen LogP) is 4.05. The number of hydrazine groups is 1. The van der Waals surface area contributed by atoms with E-state index in [1.165, 1.54) is 22.3 Å². The molecule has 0 spiro atoms. The van der Waals surface area contributed by atoms with E-state index >= 15 is 0 Å². The number of rotatable bonds is 10. The van der Waals surface area contributed by atoms with Crippen molar-refractivity contribution >= 4 is 55.5 Å². The first-order valence-corrected chi connectivity index (χ1v) is 20.5. The number of carbonyl (C=O) groups excluding carboxylic acids is 4. The maximum atomic E-state index is 14.5. The lowest BCUT2D eigenvalue weighted by atomic mass is 10.1. The Bertz CT molecular complexity index is 2060. The zero-order valence-corrected chi connectivity index (χ0v) is 32.0. The van der Waals surface area contributed by atoms with Crippen LogP contribution >= 0.6 is 11.3 Å². The van der Waals surface area contributed by atoms with E-state index in [0.717, 1.165) is 30.7 Å². The minimum atomic E-state index is -3.91. The molecule has 3 saturated carbocycles. The topological polar surface area (TPSA) is 202 Å². The summed E-state index contributed by atoms with van der Waals surface area (Å²) in [5, 5.41) is 5.12. The molecule has 0 bridgehead atoms. The van der Waals surface area contributed by atoms with Crippen LogP contribution in [-0.4, -0.2) is 98.3 Å². The Kier molecular flexibility index (Phi) is 10.0. The van der Waals surface area contributed by atoms with Crippen molar-refractivity contribution < 1.29 is 37.1 Å². The standard InChI is InChI=1S/C36H44N8O8S2/c1-5-21-19-36(21,32(46)42-54(49,50)24-13-14-24)40-30(45)27-18-23(51-31-28-25(15-17-53-28)38-29(39-31)26-12-8-9-16-37-26)20-43(27)34(48)44(35(2,3)4)41-33(47)52-22-10-6-7-11-22/h5,8-9,12,15-17,21-24,27H,1,6-7,10-11,13-14,18-20H2,2-4H3,(H,40,45)(H,41,47)(H,42,46)/t21-,23?,27+,36?/m1/s1. The average Bonchev–Trinajstić information content (AvgIpc) is 3.91. The van der Waals surface area contributed by atoms with Crippen LogP contribution in [0, 0.1) is 5.92 Å². The number of hydrogen-bond acceptors (Lipinski definition) is 12.